The lowest BCUT2D eigenvalue weighted by Crippen LogP contribution is -2.42. The Balaban J connectivity index is 1.66. The van der Waals surface area contributed by atoms with Crippen molar-refractivity contribution < 1.29 is 4.79 Å². The molecule has 2 N–H and O–H groups in total. The lowest BCUT2D eigenvalue weighted by atomic mass is 10.1. The van der Waals surface area contributed by atoms with E-state index in [4.69, 9.17) is 0 Å². The zero-order valence-corrected chi connectivity index (χ0v) is 16.7. The topological polar surface area (TPSA) is 81.3 Å². The highest BCUT2D eigenvalue weighted by Crippen LogP contribution is 2.34. The molecule has 4 rings (SSSR count). The van der Waals surface area contributed by atoms with Gasteiger partial charge in [0.2, 0.25) is 5.91 Å². The molecule has 1 saturated carbocycles. The van der Waals surface area contributed by atoms with Crippen LogP contribution in [0.1, 0.15) is 19.3 Å². The maximum Gasteiger partial charge on any atom is 0.271 e. The molecule has 0 bridgehead atoms. The second-order valence-electron chi connectivity index (χ2n) is 7.81. The number of aromatic amines is 1. The highest BCUT2D eigenvalue weighted by Gasteiger charge is 2.34. The first kappa shape index (κ1) is 19.2. The lowest BCUT2D eigenvalue weighted by molar-refractivity contribution is -0.125. The summed E-state index contributed by atoms with van der Waals surface area (Å²) in [5.74, 6) is 1.36. The van der Waals surface area contributed by atoms with Crippen LogP contribution in [0.3, 0.4) is 0 Å². The Morgan fingerprint density at radius 1 is 1.38 bits per heavy atom. The van der Waals surface area contributed by atoms with E-state index >= 15 is 0 Å². The first-order valence-electron chi connectivity index (χ1n) is 10.1. The van der Waals surface area contributed by atoms with Crippen LogP contribution in [0.5, 0.6) is 0 Å². The van der Waals surface area contributed by atoms with E-state index in [0.29, 0.717) is 24.7 Å². The van der Waals surface area contributed by atoms with Crippen LogP contribution in [0.2, 0.25) is 0 Å². The number of pyridine rings is 2. The number of H-pyrrole nitrogens is 1. The molecule has 3 heterocycles. The average molecular weight is 393 g/mol. The molecule has 2 aliphatic rings. The zero-order valence-electron chi connectivity index (χ0n) is 16.7. The van der Waals surface area contributed by atoms with Gasteiger partial charge in [0.15, 0.2) is 0 Å². The number of carbonyl (C=O) groups excluding carboxylic acids is 1. The molecule has 1 saturated heterocycles. The molecular formula is C22H27N5O2. The summed E-state index contributed by atoms with van der Waals surface area (Å²) in [6.07, 6.45) is 8.12. The lowest BCUT2D eigenvalue weighted by Gasteiger charge is -2.31. The van der Waals surface area contributed by atoms with E-state index in [1.54, 1.807) is 12.4 Å². The smallest absolute Gasteiger partial charge is 0.271 e. The largest absolute Gasteiger partial charge is 0.373 e. The molecule has 0 spiro atoms. The molecule has 2 aromatic rings. The van der Waals surface area contributed by atoms with Crippen molar-refractivity contribution in [2.75, 3.05) is 36.9 Å². The van der Waals surface area contributed by atoms with Gasteiger partial charge in [-0.15, -0.1) is 0 Å². The van der Waals surface area contributed by atoms with E-state index < -0.39 is 0 Å². The molecule has 152 valence electrons. The van der Waals surface area contributed by atoms with Crippen molar-refractivity contribution in [2.45, 2.75) is 25.3 Å². The van der Waals surface area contributed by atoms with E-state index in [1.165, 1.54) is 18.9 Å². The standard InChI is InChI=1S/C22H27N5O2/c1-3-21(28)26-9-7-18(14-26)27(13-15-4-5-15)19-10-17(12-25-22(19)29)16-6-8-24-20(11-16)23-2/h3,6,8,10-12,15,18H,1,4-5,7,9,13-14H2,2H3,(H,23,24)(H,25,29)/t18-/m1/s1. The normalized spacial score (nSPS) is 18.5. The van der Waals surface area contributed by atoms with Crippen molar-refractivity contribution in [1.29, 1.82) is 0 Å². The van der Waals surface area contributed by atoms with Crippen LogP contribution in [0, 0.1) is 5.92 Å². The summed E-state index contributed by atoms with van der Waals surface area (Å²) in [6, 6.07) is 6.00. The fourth-order valence-electron chi connectivity index (χ4n) is 3.95. The molecule has 0 radical (unpaired) electrons. The summed E-state index contributed by atoms with van der Waals surface area (Å²) >= 11 is 0. The quantitative estimate of drug-likeness (QED) is 0.707. The molecule has 0 aromatic carbocycles. The van der Waals surface area contributed by atoms with Gasteiger partial charge in [-0.2, -0.15) is 0 Å². The van der Waals surface area contributed by atoms with Gasteiger partial charge in [-0.05, 0) is 55.0 Å². The molecule has 2 aromatic heterocycles. The number of likely N-dealkylation sites (tertiary alicyclic amines) is 1. The van der Waals surface area contributed by atoms with E-state index in [2.05, 4.69) is 26.8 Å². The van der Waals surface area contributed by atoms with Gasteiger partial charge in [-0.25, -0.2) is 4.98 Å². The van der Waals surface area contributed by atoms with Gasteiger partial charge < -0.3 is 20.1 Å². The summed E-state index contributed by atoms with van der Waals surface area (Å²) in [6.45, 7) is 5.77. The highest BCUT2D eigenvalue weighted by molar-refractivity contribution is 5.87. The molecule has 1 aliphatic carbocycles. The first-order chi connectivity index (χ1) is 14.1. The van der Waals surface area contributed by atoms with Crippen molar-refractivity contribution >= 4 is 17.4 Å². The summed E-state index contributed by atoms with van der Waals surface area (Å²) < 4.78 is 0. The van der Waals surface area contributed by atoms with Crippen molar-refractivity contribution in [1.82, 2.24) is 14.9 Å². The van der Waals surface area contributed by atoms with Crippen LogP contribution >= 0.6 is 0 Å². The van der Waals surface area contributed by atoms with Crippen molar-refractivity contribution in [3.63, 3.8) is 0 Å². The molecule has 2 fully saturated rings. The van der Waals surface area contributed by atoms with E-state index in [0.717, 1.165) is 29.9 Å². The third kappa shape index (κ3) is 4.18. The van der Waals surface area contributed by atoms with Crippen molar-refractivity contribution in [3.8, 4) is 11.1 Å². The Bertz CT molecular complexity index is 966. The molecule has 1 aliphatic heterocycles. The Morgan fingerprint density at radius 3 is 2.93 bits per heavy atom. The summed E-state index contributed by atoms with van der Waals surface area (Å²) in [5, 5.41) is 3.05. The Kier molecular flexibility index (Phi) is 5.38. The summed E-state index contributed by atoms with van der Waals surface area (Å²) in [5.41, 5.74) is 2.51. The van der Waals surface area contributed by atoms with Gasteiger partial charge in [0.25, 0.3) is 5.56 Å². The fraction of sp³-hybridized carbons (Fsp3) is 0.409. The molecule has 7 nitrogen and oxygen atoms in total. The van der Waals surface area contributed by atoms with Gasteiger partial charge in [0.05, 0.1) is 0 Å². The van der Waals surface area contributed by atoms with Crippen LogP contribution < -0.4 is 15.8 Å². The van der Waals surface area contributed by atoms with Crippen molar-refractivity contribution in [3.05, 3.63) is 53.6 Å². The maximum absolute atomic E-state index is 12.8. The van der Waals surface area contributed by atoms with Crippen LogP contribution in [-0.4, -0.2) is 53.5 Å². The molecule has 1 amide bonds. The van der Waals surface area contributed by atoms with Crippen LogP contribution in [-0.2, 0) is 4.79 Å². The van der Waals surface area contributed by atoms with Gasteiger partial charge in [0.1, 0.15) is 11.5 Å². The SMILES string of the molecule is C=CC(=O)N1CC[C@@H](N(CC2CC2)c2cc(-c3ccnc(NC)c3)c[nH]c2=O)C1. The van der Waals surface area contributed by atoms with Crippen LogP contribution in [0.4, 0.5) is 11.5 Å². The number of nitrogens with one attached hydrogen (secondary N) is 2. The number of carbonyl (C=O) groups is 1. The minimum atomic E-state index is -0.0919. The van der Waals surface area contributed by atoms with Crippen molar-refractivity contribution in [2.24, 2.45) is 5.92 Å². The second-order valence-corrected chi connectivity index (χ2v) is 7.81. The van der Waals surface area contributed by atoms with Gasteiger partial charge in [-0.1, -0.05) is 6.58 Å². The Hall–Kier alpha value is -3.09. The monoisotopic (exact) mass is 393 g/mol. The second kappa shape index (κ2) is 8.11. The summed E-state index contributed by atoms with van der Waals surface area (Å²) in [7, 11) is 1.83. The molecular weight excluding hydrogens is 366 g/mol. The minimum Gasteiger partial charge on any atom is -0.373 e. The number of anilines is 2. The molecule has 1 atom stereocenters. The average Bonchev–Trinajstić information content (AvgIpc) is 3.45. The van der Waals surface area contributed by atoms with E-state index in [-0.39, 0.29) is 17.5 Å². The molecule has 7 heteroatoms. The number of hydrogen-bond donors (Lipinski definition) is 2. The highest BCUT2D eigenvalue weighted by atomic mass is 16.2. The fourth-order valence-corrected chi connectivity index (χ4v) is 3.95. The number of rotatable bonds is 7. The van der Waals surface area contributed by atoms with Crippen LogP contribution in [0.25, 0.3) is 11.1 Å². The Morgan fingerprint density at radius 2 is 2.21 bits per heavy atom. The first-order valence-corrected chi connectivity index (χ1v) is 10.1. The number of amides is 1. The third-order valence-corrected chi connectivity index (χ3v) is 5.78. The third-order valence-electron chi connectivity index (χ3n) is 5.78. The van der Waals surface area contributed by atoms with Gasteiger partial charge in [0, 0.05) is 50.7 Å². The number of hydrogen-bond acceptors (Lipinski definition) is 5. The Labute approximate surface area is 170 Å². The van der Waals surface area contributed by atoms with E-state index in [9.17, 15) is 9.59 Å². The van der Waals surface area contributed by atoms with Gasteiger partial charge >= 0.3 is 0 Å². The predicted octanol–water partition coefficient (Wildman–Crippen LogP) is 2.48. The minimum absolute atomic E-state index is 0.0436. The molecule has 29 heavy (non-hydrogen) atoms. The van der Waals surface area contributed by atoms with Gasteiger partial charge in [-0.3, -0.25) is 9.59 Å². The number of nitrogens with zero attached hydrogens (tertiary/aromatic N) is 3. The van der Waals surface area contributed by atoms with E-state index in [1.807, 2.05) is 30.1 Å². The van der Waals surface area contributed by atoms with Crippen LogP contribution in [0.15, 0.2) is 48.0 Å². The number of aromatic nitrogens is 2. The summed E-state index contributed by atoms with van der Waals surface area (Å²) in [4.78, 5) is 36.0. The zero-order chi connectivity index (χ0) is 20.4. The predicted molar refractivity (Wildman–Crippen MR) is 115 cm³/mol. The maximum atomic E-state index is 12.8. The molecule has 0 unspecified atom stereocenters.